The summed E-state index contributed by atoms with van der Waals surface area (Å²) in [6.07, 6.45) is -7.54. The van der Waals surface area contributed by atoms with Crippen LogP contribution in [0.15, 0.2) is 30.3 Å². The molecule has 1 aromatic rings. The van der Waals surface area contributed by atoms with E-state index in [1.807, 2.05) is 6.07 Å². The van der Waals surface area contributed by atoms with Crippen molar-refractivity contribution in [3.63, 3.8) is 0 Å². The number of nitrogens with one attached hydrogen (secondary N) is 2. The summed E-state index contributed by atoms with van der Waals surface area (Å²) in [6, 6.07) is 6.39. The molecule has 260 valence electrons. The van der Waals surface area contributed by atoms with Gasteiger partial charge in [-0.25, -0.2) is 0 Å². The summed E-state index contributed by atoms with van der Waals surface area (Å²) in [6.45, 7) is 3.30. The molecule has 1 saturated heterocycles. The minimum Gasteiger partial charge on any atom is -0.463 e. The van der Waals surface area contributed by atoms with E-state index in [0.29, 0.717) is 0 Å². The monoisotopic (exact) mass is 667 g/mol. The van der Waals surface area contributed by atoms with E-state index in [4.69, 9.17) is 38.9 Å². The first kappa shape index (κ1) is 38.6. The number of ether oxygens (including phenoxy) is 7. The number of hydrogen-bond acceptors (Lipinski definition) is 15. The van der Waals surface area contributed by atoms with Crippen molar-refractivity contribution in [1.29, 1.82) is 0 Å². The molecule has 2 amide bonds. The van der Waals surface area contributed by atoms with Gasteiger partial charge in [-0.3, -0.25) is 33.6 Å². The van der Waals surface area contributed by atoms with Crippen LogP contribution in [0.3, 0.4) is 0 Å². The molecule has 0 radical (unpaired) electrons. The number of carbonyl (C=O) groups excluding carboxylic acids is 7. The highest BCUT2D eigenvalue weighted by molar-refractivity contribution is 5.90. The van der Waals surface area contributed by atoms with Gasteiger partial charge in [0.15, 0.2) is 24.6 Å². The van der Waals surface area contributed by atoms with Crippen molar-refractivity contribution in [3.8, 4) is 0 Å². The highest BCUT2D eigenvalue weighted by Gasteiger charge is 2.53. The molecule has 17 heteroatoms. The van der Waals surface area contributed by atoms with Gasteiger partial charge in [0, 0.05) is 41.2 Å². The van der Waals surface area contributed by atoms with Gasteiger partial charge in [-0.1, -0.05) is 30.3 Å². The molecule has 4 N–H and O–H groups in total. The van der Waals surface area contributed by atoms with Gasteiger partial charge in [-0.2, -0.15) is 0 Å². The van der Waals surface area contributed by atoms with Crippen molar-refractivity contribution >= 4 is 41.7 Å². The molecule has 0 unspecified atom stereocenters. The molecule has 0 bridgehead atoms. The quantitative estimate of drug-likeness (QED) is 0.144. The molecule has 0 aromatic heterocycles. The predicted molar refractivity (Wildman–Crippen MR) is 157 cm³/mol. The number of rotatable bonds is 16. The normalized spacial score (nSPS) is 21.6. The zero-order chi connectivity index (χ0) is 35.1. The minimum atomic E-state index is -1.57. The predicted octanol–water partition coefficient (Wildman–Crippen LogP) is -0.832. The fraction of sp³-hybridized carbons (Fsp3) is 0.567. The summed E-state index contributed by atoms with van der Waals surface area (Å²) in [5.41, 5.74) is 6.81. The van der Waals surface area contributed by atoms with Crippen LogP contribution in [0.4, 0.5) is 0 Å². The smallest absolute Gasteiger partial charge is 0.306 e. The first-order valence-corrected chi connectivity index (χ1v) is 14.6. The third kappa shape index (κ3) is 13.3. The summed E-state index contributed by atoms with van der Waals surface area (Å²) in [5, 5.41) is 4.86. The van der Waals surface area contributed by atoms with E-state index in [2.05, 4.69) is 10.6 Å². The van der Waals surface area contributed by atoms with E-state index in [9.17, 15) is 33.6 Å². The maximum Gasteiger partial charge on any atom is 0.306 e. The second kappa shape index (κ2) is 19.1. The molecule has 1 aliphatic rings. The molecule has 1 aliphatic heterocycles. The van der Waals surface area contributed by atoms with E-state index in [-0.39, 0.29) is 19.4 Å². The topological polar surface area (TPSA) is 234 Å². The Bertz CT molecular complexity index is 1260. The van der Waals surface area contributed by atoms with E-state index in [1.54, 1.807) is 24.3 Å². The Morgan fingerprint density at radius 1 is 0.809 bits per heavy atom. The molecular weight excluding hydrogens is 626 g/mol. The largest absolute Gasteiger partial charge is 0.463 e. The summed E-state index contributed by atoms with van der Waals surface area (Å²) in [5.74, 6) is -5.22. The molecule has 7 atom stereocenters. The summed E-state index contributed by atoms with van der Waals surface area (Å²) < 4.78 is 37.7. The molecule has 0 aliphatic carbocycles. The fourth-order valence-electron chi connectivity index (χ4n) is 4.39. The fourth-order valence-corrected chi connectivity index (χ4v) is 4.39. The molecule has 1 heterocycles. The summed E-state index contributed by atoms with van der Waals surface area (Å²) >= 11 is 0. The van der Waals surface area contributed by atoms with Gasteiger partial charge in [0.2, 0.25) is 11.8 Å². The van der Waals surface area contributed by atoms with E-state index in [1.165, 1.54) is 7.05 Å². The highest BCUT2D eigenvalue weighted by atomic mass is 16.7. The lowest BCUT2D eigenvalue weighted by Crippen LogP contribution is -2.63. The molecule has 1 fully saturated rings. The number of benzene rings is 1. The van der Waals surface area contributed by atoms with Gasteiger partial charge in [0.25, 0.3) is 0 Å². The van der Waals surface area contributed by atoms with Crippen LogP contribution in [0.5, 0.6) is 0 Å². The number of likely N-dealkylation sites (N-methyl/N-ethyl adjacent to an activating group) is 1. The number of carbonyl (C=O) groups is 7. The van der Waals surface area contributed by atoms with Crippen LogP contribution in [0, 0.1) is 0 Å². The van der Waals surface area contributed by atoms with Crippen LogP contribution in [0.1, 0.15) is 46.1 Å². The molecule has 1 aromatic carbocycles. The highest BCUT2D eigenvalue weighted by Crippen LogP contribution is 2.30. The third-order valence-electron chi connectivity index (χ3n) is 6.48. The second-order valence-corrected chi connectivity index (χ2v) is 10.4. The molecule has 2 rings (SSSR count). The van der Waals surface area contributed by atoms with Crippen molar-refractivity contribution in [2.75, 3.05) is 20.3 Å². The van der Waals surface area contributed by atoms with Gasteiger partial charge in [0.05, 0.1) is 6.61 Å². The third-order valence-corrected chi connectivity index (χ3v) is 6.48. The van der Waals surface area contributed by atoms with Crippen molar-refractivity contribution in [1.82, 2.24) is 10.6 Å². The standard InChI is InChI=1S/C30H41N3O14/c1-16(34)41-15-23-25(44-17(2)35)26(45-18(3)36)27(46-19(4)37)30(47-23)43-14-21(31)28(39)33-22(29(40)32-5)11-12-24(38)42-13-20-9-7-6-8-10-20/h6-10,21-23,25-27,30H,11-15,31H2,1-5H3,(H,32,40)(H,33,39)/t21-,22-,23+,25+,26-,27-,30-/m0/s1. The number of hydrogen-bond donors (Lipinski definition) is 3. The zero-order valence-electron chi connectivity index (χ0n) is 26.8. The Balaban J connectivity index is 2.13. The van der Waals surface area contributed by atoms with Crippen LogP contribution < -0.4 is 16.4 Å². The maximum atomic E-state index is 13.0. The lowest BCUT2D eigenvalue weighted by Gasteiger charge is -2.44. The first-order valence-electron chi connectivity index (χ1n) is 14.6. The second-order valence-electron chi connectivity index (χ2n) is 10.4. The Hall–Kier alpha value is -4.61. The van der Waals surface area contributed by atoms with Gasteiger partial charge in [-0.15, -0.1) is 0 Å². The van der Waals surface area contributed by atoms with Crippen LogP contribution in [-0.2, 0) is 73.3 Å². The van der Waals surface area contributed by atoms with Crippen molar-refractivity contribution in [2.24, 2.45) is 5.73 Å². The van der Waals surface area contributed by atoms with Crippen LogP contribution in [0.2, 0.25) is 0 Å². The SMILES string of the molecule is CNC(=O)[C@H](CCC(=O)OCc1ccccc1)NC(=O)[C@@H](N)CO[C@H]1O[C@H](COC(C)=O)[C@@H](OC(C)=O)[C@H](OC(C)=O)[C@@H]1OC(C)=O. The van der Waals surface area contributed by atoms with E-state index >= 15 is 0 Å². The van der Waals surface area contributed by atoms with Gasteiger partial charge in [0.1, 0.15) is 31.4 Å². The Labute approximate surface area is 271 Å². The Morgan fingerprint density at radius 2 is 1.40 bits per heavy atom. The molecular formula is C30H41N3O14. The summed E-state index contributed by atoms with van der Waals surface area (Å²) in [7, 11) is 1.35. The lowest BCUT2D eigenvalue weighted by molar-refractivity contribution is -0.308. The molecule has 0 spiro atoms. The van der Waals surface area contributed by atoms with Crippen molar-refractivity contribution in [2.45, 2.75) is 89.9 Å². The Kier molecular flexibility index (Phi) is 15.7. The van der Waals surface area contributed by atoms with E-state index in [0.717, 1.165) is 33.3 Å². The molecule has 47 heavy (non-hydrogen) atoms. The molecule has 17 nitrogen and oxygen atoms in total. The maximum absolute atomic E-state index is 13.0. The van der Waals surface area contributed by atoms with Crippen molar-refractivity contribution in [3.05, 3.63) is 35.9 Å². The number of amides is 2. The van der Waals surface area contributed by atoms with Gasteiger partial charge in [-0.05, 0) is 12.0 Å². The number of esters is 5. The van der Waals surface area contributed by atoms with Gasteiger partial charge >= 0.3 is 29.8 Å². The van der Waals surface area contributed by atoms with Crippen molar-refractivity contribution < 1.29 is 66.7 Å². The number of nitrogens with two attached hydrogens (primary N) is 1. The Morgan fingerprint density at radius 3 is 1.98 bits per heavy atom. The van der Waals surface area contributed by atoms with Crippen LogP contribution in [-0.4, -0.2) is 105 Å². The van der Waals surface area contributed by atoms with Crippen LogP contribution >= 0.6 is 0 Å². The minimum absolute atomic E-state index is 0.0398. The average molecular weight is 668 g/mol. The first-order chi connectivity index (χ1) is 22.2. The van der Waals surface area contributed by atoms with E-state index < -0.39 is 97.7 Å². The average Bonchev–Trinajstić information content (AvgIpc) is 3.01. The van der Waals surface area contributed by atoms with Crippen LogP contribution in [0.25, 0.3) is 0 Å². The van der Waals surface area contributed by atoms with Gasteiger partial charge < -0.3 is 49.5 Å². The zero-order valence-corrected chi connectivity index (χ0v) is 26.8. The lowest BCUT2D eigenvalue weighted by atomic mass is 9.98. The molecule has 0 saturated carbocycles. The summed E-state index contributed by atoms with van der Waals surface area (Å²) in [4.78, 5) is 85.0.